The van der Waals surface area contributed by atoms with E-state index in [1.165, 1.54) is 5.57 Å². The summed E-state index contributed by atoms with van der Waals surface area (Å²) in [5.74, 6) is 3.19. The van der Waals surface area contributed by atoms with Gasteiger partial charge in [-0.25, -0.2) is 0 Å². The van der Waals surface area contributed by atoms with E-state index in [1.807, 2.05) is 0 Å². The molecule has 12 heavy (non-hydrogen) atoms. The SMILES string of the molecule is C=C1[C@@H]2[C@@H]3[C@@H]4[C@H]1C4(C)C(=O)C32C. The molecule has 0 radical (unpaired) electrons. The van der Waals surface area contributed by atoms with Crippen LogP contribution in [-0.4, -0.2) is 5.78 Å². The fraction of sp³-hybridized carbons (Fsp3) is 0.727. The molecule has 0 N–H and O–H groups in total. The fourth-order valence-electron chi connectivity index (χ4n) is 4.84. The molecule has 0 heterocycles. The Morgan fingerprint density at radius 2 is 1.58 bits per heavy atom. The summed E-state index contributed by atoms with van der Waals surface area (Å²) >= 11 is 0. The molecular formula is C11H12O. The zero-order valence-corrected chi connectivity index (χ0v) is 7.42. The second kappa shape index (κ2) is 1.07. The van der Waals surface area contributed by atoms with Crippen molar-refractivity contribution in [2.45, 2.75) is 13.8 Å². The summed E-state index contributed by atoms with van der Waals surface area (Å²) in [5.41, 5.74) is 1.53. The van der Waals surface area contributed by atoms with E-state index in [-0.39, 0.29) is 10.8 Å². The van der Waals surface area contributed by atoms with Crippen LogP contribution in [0.15, 0.2) is 12.2 Å². The Morgan fingerprint density at radius 3 is 1.92 bits per heavy atom. The highest BCUT2D eigenvalue weighted by molar-refractivity contribution is 6.04. The van der Waals surface area contributed by atoms with Crippen LogP contribution in [0.1, 0.15) is 13.8 Å². The minimum Gasteiger partial charge on any atom is -0.298 e. The van der Waals surface area contributed by atoms with Crippen molar-refractivity contribution in [3.05, 3.63) is 12.2 Å². The molecule has 2 unspecified atom stereocenters. The van der Waals surface area contributed by atoms with Gasteiger partial charge in [0.05, 0.1) is 0 Å². The van der Waals surface area contributed by atoms with Crippen molar-refractivity contribution in [2.24, 2.45) is 34.5 Å². The van der Waals surface area contributed by atoms with E-state index < -0.39 is 0 Å². The molecule has 0 bridgehead atoms. The third kappa shape index (κ3) is 0.252. The lowest BCUT2D eigenvalue weighted by molar-refractivity contribution is -0.129. The van der Waals surface area contributed by atoms with Gasteiger partial charge in [-0.3, -0.25) is 4.79 Å². The number of hydrogen-bond donors (Lipinski definition) is 0. The Morgan fingerprint density at radius 1 is 1.17 bits per heavy atom. The zero-order chi connectivity index (χ0) is 8.46. The van der Waals surface area contributed by atoms with Gasteiger partial charge in [-0.2, -0.15) is 0 Å². The van der Waals surface area contributed by atoms with Crippen LogP contribution in [0, 0.1) is 34.5 Å². The van der Waals surface area contributed by atoms with E-state index in [2.05, 4.69) is 20.4 Å². The summed E-state index contributed by atoms with van der Waals surface area (Å²) in [5, 5.41) is 0. The quantitative estimate of drug-likeness (QED) is 0.492. The molecule has 0 aromatic rings. The van der Waals surface area contributed by atoms with Gasteiger partial charge in [-0.05, 0) is 23.7 Å². The van der Waals surface area contributed by atoms with Gasteiger partial charge in [0.1, 0.15) is 5.78 Å². The molecule has 4 fully saturated rings. The first-order chi connectivity index (χ1) is 5.55. The molecule has 62 valence electrons. The van der Waals surface area contributed by atoms with Crippen LogP contribution in [-0.2, 0) is 4.79 Å². The zero-order valence-electron chi connectivity index (χ0n) is 7.42. The molecule has 4 aliphatic rings. The first-order valence-electron chi connectivity index (χ1n) is 4.79. The van der Waals surface area contributed by atoms with E-state index in [1.54, 1.807) is 0 Å². The maximum Gasteiger partial charge on any atom is 0.146 e. The number of fused-ring (bicyclic) bond motifs is 2. The topological polar surface area (TPSA) is 17.1 Å². The lowest BCUT2D eigenvalue weighted by Crippen LogP contribution is -2.29. The number of allylic oxidation sites excluding steroid dienone is 1. The molecule has 0 aromatic heterocycles. The average molecular weight is 160 g/mol. The van der Waals surface area contributed by atoms with Gasteiger partial charge >= 0.3 is 0 Å². The molecular weight excluding hydrogens is 148 g/mol. The van der Waals surface area contributed by atoms with E-state index in [0.717, 1.165) is 0 Å². The van der Waals surface area contributed by atoms with Crippen LogP contribution in [0.4, 0.5) is 0 Å². The molecule has 4 aliphatic carbocycles. The largest absolute Gasteiger partial charge is 0.298 e. The number of carbonyl (C=O) groups is 1. The van der Waals surface area contributed by atoms with E-state index in [9.17, 15) is 4.79 Å². The molecule has 0 spiro atoms. The summed E-state index contributed by atoms with van der Waals surface area (Å²) < 4.78 is 0. The molecule has 0 aromatic carbocycles. The van der Waals surface area contributed by atoms with Crippen molar-refractivity contribution >= 4 is 5.78 Å². The predicted molar refractivity (Wildman–Crippen MR) is 44.3 cm³/mol. The van der Waals surface area contributed by atoms with Crippen LogP contribution in [0.25, 0.3) is 0 Å². The molecule has 4 saturated carbocycles. The normalized spacial score (nSPS) is 74.8. The van der Waals surface area contributed by atoms with Crippen molar-refractivity contribution in [1.29, 1.82) is 0 Å². The lowest BCUT2D eigenvalue weighted by atomic mass is 9.79. The number of carbonyl (C=O) groups excluding carboxylic acids is 1. The van der Waals surface area contributed by atoms with E-state index >= 15 is 0 Å². The third-order valence-electron chi connectivity index (χ3n) is 5.34. The van der Waals surface area contributed by atoms with Crippen LogP contribution in [0.2, 0.25) is 0 Å². The smallest absolute Gasteiger partial charge is 0.146 e. The lowest BCUT2D eigenvalue weighted by Gasteiger charge is -2.22. The van der Waals surface area contributed by atoms with Gasteiger partial charge < -0.3 is 0 Å². The van der Waals surface area contributed by atoms with Gasteiger partial charge in [-0.15, -0.1) is 0 Å². The van der Waals surface area contributed by atoms with Crippen LogP contribution >= 0.6 is 0 Å². The first kappa shape index (κ1) is 5.95. The van der Waals surface area contributed by atoms with Gasteiger partial charge in [0, 0.05) is 10.8 Å². The Bertz CT molecular complexity index is 337. The number of hydrogen-bond acceptors (Lipinski definition) is 1. The number of rotatable bonds is 0. The highest BCUT2D eigenvalue weighted by Crippen LogP contribution is 2.94. The van der Waals surface area contributed by atoms with Crippen molar-refractivity contribution in [3.63, 3.8) is 0 Å². The van der Waals surface area contributed by atoms with Gasteiger partial charge in [0.2, 0.25) is 0 Å². The van der Waals surface area contributed by atoms with Crippen molar-refractivity contribution in [1.82, 2.24) is 0 Å². The highest BCUT2D eigenvalue weighted by Gasteiger charge is 2.95. The molecule has 4 rings (SSSR count). The van der Waals surface area contributed by atoms with Gasteiger partial charge in [0.15, 0.2) is 0 Å². The minimum absolute atomic E-state index is 0.0608. The monoisotopic (exact) mass is 160 g/mol. The number of ketones is 1. The maximum absolute atomic E-state index is 12.0. The Hall–Kier alpha value is -0.590. The molecule has 1 heteroatoms. The summed E-state index contributed by atoms with van der Waals surface area (Å²) in [6.07, 6.45) is 0. The van der Waals surface area contributed by atoms with E-state index in [0.29, 0.717) is 29.5 Å². The first-order valence-corrected chi connectivity index (χ1v) is 4.79. The molecule has 6 atom stereocenters. The number of Topliss-reactive ketones (excluding diaryl/α,β-unsaturated/α-hetero) is 1. The van der Waals surface area contributed by atoms with Crippen molar-refractivity contribution in [2.75, 3.05) is 0 Å². The molecule has 0 amide bonds. The predicted octanol–water partition coefficient (Wildman–Crippen LogP) is 1.64. The second-order valence-corrected chi connectivity index (χ2v) is 5.48. The Balaban J connectivity index is 2.05. The van der Waals surface area contributed by atoms with E-state index in [4.69, 9.17) is 0 Å². The van der Waals surface area contributed by atoms with Crippen LogP contribution < -0.4 is 0 Å². The summed E-state index contributed by atoms with van der Waals surface area (Å²) in [7, 11) is 0. The van der Waals surface area contributed by atoms with Gasteiger partial charge in [-0.1, -0.05) is 26.0 Å². The Labute approximate surface area is 71.8 Å². The second-order valence-electron chi connectivity index (χ2n) is 5.48. The highest BCUT2D eigenvalue weighted by atomic mass is 16.1. The molecule has 0 aliphatic heterocycles. The van der Waals surface area contributed by atoms with Crippen LogP contribution in [0.5, 0.6) is 0 Å². The minimum atomic E-state index is 0.0608. The van der Waals surface area contributed by atoms with Crippen molar-refractivity contribution < 1.29 is 4.79 Å². The third-order valence-corrected chi connectivity index (χ3v) is 5.34. The molecule has 0 saturated heterocycles. The van der Waals surface area contributed by atoms with Crippen molar-refractivity contribution in [3.8, 4) is 0 Å². The summed E-state index contributed by atoms with van der Waals surface area (Å²) in [6, 6.07) is 0. The molecule has 1 nitrogen and oxygen atoms in total. The standard InChI is InChI=1S/C11H12O/c1-4-5-7-8-6(4)11(8,3)9(12)10(5,7)2/h5-8H,1H2,2-3H3/t5-,6+,7-,8+,10?,11?. The van der Waals surface area contributed by atoms with Crippen LogP contribution in [0.3, 0.4) is 0 Å². The average Bonchev–Trinajstić information content (AvgIpc) is 2.72. The maximum atomic E-state index is 12.0. The summed E-state index contributed by atoms with van der Waals surface area (Å²) in [6.45, 7) is 8.47. The summed E-state index contributed by atoms with van der Waals surface area (Å²) in [4.78, 5) is 12.0. The fourth-order valence-corrected chi connectivity index (χ4v) is 4.84. The Kier molecular flexibility index (Phi) is 0.529. The van der Waals surface area contributed by atoms with Gasteiger partial charge in [0.25, 0.3) is 0 Å².